The Morgan fingerprint density at radius 2 is 2.19 bits per heavy atom. The maximum Gasteiger partial charge on any atom is 0.275 e. The first-order valence-electron chi connectivity index (χ1n) is 6.89. The predicted octanol–water partition coefficient (Wildman–Crippen LogP) is 1.81. The van der Waals surface area contributed by atoms with Crippen LogP contribution in [0.2, 0.25) is 0 Å². The van der Waals surface area contributed by atoms with E-state index in [1.54, 1.807) is 6.07 Å². The average Bonchev–Trinajstić information content (AvgIpc) is 3.02. The zero-order valence-electron chi connectivity index (χ0n) is 11.4. The molecule has 1 amide bonds. The smallest absolute Gasteiger partial charge is 0.275 e. The van der Waals surface area contributed by atoms with Gasteiger partial charge in [0.25, 0.3) is 5.91 Å². The molecule has 2 aromatic rings. The third-order valence-corrected chi connectivity index (χ3v) is 4.33. The van der Waals surface area contributed by atoms with E-state index in [-0.39, 0.29) is 34.7 Å². The maximum absolute atomic E-state index is 13.4. The van der Waals surface area contributed by atoms with E-state index in [2.05, 4.69) is 15.1 Å². The van der Waals surface area contributed by atoms with Crippen molar-refractivity contribution in [3.05, 3.63) is 29.7 Å². The van der Waals surface area contributed by atoms with Gasteiger partial charge < -0.3 is 4.90 Å². The quantitative estimate of drug-likeness (QED) is 0.849. The highest BCUT2D eigenvalue weighted by molar-refractivity contribution is 8.93. The third kappa shape index (κ3) is 2.34. The molecule has 1 aromatic heterocycles. The minimum absolute atomic E-state index is 0. The number of nitrogens with one attached hydrogen (secondary N) is 1. The molecular weight excluding hydrogens is 339 g/mol. The Labute approximate surface area is 131 Å². The van der Waals surface area contributed by atoms with E-state index >= 15 is 0 Å². The van der Waals surface area contributed by atoms with Crippen LogP contribution in [0.4, 0.5) is 4.39 Å². The van der Waals surface area contributed by atoms with Crippen LogP contribution in [0.5, 0.6) is 0 Å². The zero-order valence-corrected chi connectivity index (χ0v) is 13.1. The van der Waals surface area contributed by atoms with Gasteiger partial charge in [-0.25, -0.2) is 4.39 Å². The molecule has 5 nitrogen and oxygen atoms in total. The van der Waals surface area contributed by atoms with Crippen molar-refractivity contribution < 1.29 is 9.18 Å². The predicted molar refractivity (Wildman–Crippen MR) is 82.3 cm³/mol. The second-order valence-corrected chi connectivity index (χ2v) is 5.50. The summed E-state index contributed by atoms with van der Waals surface area (Å²) in [5.41, 5.74) is 1.03. The molecule has 3 heterocycles. The molecule has 2 aliphatic heterocycles. The summed E-state index contributed by atoms with van der Waals surface area (Å²) in [7, 11) is 0. The summed E-state index contributed by atoms with van der Waals surface area (Å²) in [5, 5.41) is 7.47. The number of amides is 1. The van der Waals surface area contributed by atoms with E-state index in [1.807, 2.05) is 4.90 Å². The lowest BCUT2D eigenvalue weighted by Gasteiger charge is -2.33. The summed E-state index contributed by atoms with van der Waals surface area (Å²) < 4.78 is 13.4. The topological polar surface area (TPSA) is 52.2 Å². The van der Waals surface area contributed by atoms with E-state index in [1.165, 1.54) is 12.1 Å². The number of aromatic amines is 1. The molecule has 1 aromatic carbocycles. The minimum Gasteiger partial charge on any atom is -0.332 e. The molecule has 2 atom stereocenters. The Balaban J connectivity index is 0.00000132. The number of halogens is 2. The van der Waals surface area contributed by atoms with Crippen LogP contribution in [0.15, 0.2) is 18.2 Å². The van der Waals surface area contributed by atoms with Crippen LogP contribution in [0.3, 0.4) is 0 Å². The molecule has 1 N–H and O–H groups in total. The van der Waals surface area contributed by atoms with Crippen molar-refractivity contribution >= 4 is 33.8 Å². The van der Waals surface area contributed by atoms with Crippen molar-refractivity contribution in [1.29, 1.82) is 0 Å². The first kappa shape index (κ1) is 14.5. The lowest BCUT2D eigenvalue weighted by molar-refractivity contribution is 0.0605. The van der Waals surface area contributed by atoms with Gasteiger partial charge in [-0.1, -0.05) is 0 Å². The molecule has 0 saturated carbocycles. The number of hydrogen-bond donors (Lipinski definition) is 1. The van der Waals surface area contributed by atoms with E-state index in [0.29, 0.717) is 16.6 Å². The van der Waals surface area contributed by atoms with E-state index in [0.717, 1.165) is 32.6 Å². The Morgan fingerprint density at radius 3 is 3.05 bits per heavy atom. The highest BCUT2D eigenvalue weighted by Crippen LogP contribution is 2.24. The lowest BCUT2D eigenvalue weighted by Crippen LogP contribution is -2.49. The fourth-order valence-corrected chi connectivity index (χ4v) is 3.25. The van der Waals surface area contributed by atoms with Gasteiger partial charge in [0, 0.05) is 37.6 Å². The normalized spacial score (nSPS) is 24.1. The van der Waals surface area contributed by atoms with E-state index < -0.39 is 0 Å². The highest BCUT2D eigenvalue weighted by Gasteiger charge is 2.36. The van der Waals surface area contributed by atoms with Crippen molar-refractivity contribution in [3.8, 4) is 0 Å². The Kier molecular flexibility index (Phi) is 3.71. The Bertz CT molecular complexity index is 689. The Morgan fingerprint density at radius 1 is 1.33 bits per heavy atom. The molecular formula is C14H16BrFN4O. The fraction of sp³-hybridized carbons (Fsp3) is 0.429. The number of H-pyrrole nitrogens is 1. The molecule has 0 aliphatic carbocycles. The molecule has 2 saturated heterocycles. The summed E-state index contributed by atoms with van der Waals surface area (Å²) in [6.07, 6.45) is 1.02. The van der Waals surface area contributed by atoms with Crippen molar-refractivity contribution in [3.63, 3.8) is 0 Å². The van der Waals surface area contributed by atoms with Gasteiger partial charge in [-0.15, -0.1) is 17.0 Å². The van der Waals surface area contributed by atoms with E-state index in [9.17, 15) is 9.18 Å². The van der Waals surface area contributed by atoms with Crippen LogP contribution in [-0.4, -0.2) is 58.1 Å². The number of aromatic nitrogens is 2. The van der Waals surface area contributed by atoms with Crippen LogP contribution < -0.4 is 0 Å². The van der Waals surface area contributed by atoms with Crippen molar-refractivity contribution in [2.24, 2.45) is 0 Å². The van der Waals surface area contributed by atoms with Crippen molar-refractivity contribution in [1.82, 2.24) is 20.0 Å². The monoisotopic (exact) mass is 354 g/mol. The maximum atomic E-state index is 13.4. The first-order valence-corrected chi connectivity index (χ1v) is 6.89. The number of piperazine rings is 1. The van der Waals surface area contributed by atoms with Gasteiger partial charge in [0.1, 0.15) is 5.82 Å². The Hall–Kier alpha value is -1.47. The second kappa shape index (κ2) is 5.38. The summed E-state index contributed by atoms with van der Waals surface area (Å²) in [5.74, 6) is -0.438. The molecule has 0 radical (unpaired) electrons. The number of rotatable bonds is 1. The van der Waals surface area contributed by atoms with Gasteiger partial charge >= 0.3 is 0 Å². The molecule has 2 unspecified atom stereocenters. The molecule has 2 bridgehead atoms. The largest absolute Gasteiger partial charge is 0.332 e. The standard InChI is InChI=1S/C14H15FN4O.BrH/c15-9-1-2-12-11(7-9)13(17-16-12)14(20)19-6-5-18-4-3-10(19)8-18;/h1-2,7,10H,3-6,8H2,(H,16,17);1H. The van der Waals surface area contributed by atoms with Gasteiger partial charge in [-0.05, 0) is 24.6 Å². The van der Waals surface area contributed by atoms with Gasteiger partial charge in [0.05, 0.1) is 5.52 Å². The van der Waals surface area contributed by atoms with Gasteiger partial charge in [-0.3, -0.25) is 14.8 Å². The molecule has 112 valence electrons. The molecule has 7 heteroatoms. The van der Waals surface area contributed by atoms with Gasteiger partial charge in [0.15, 0.2) is 5.69 Å². The van der Waals surface area contributed by atoms with Crippen LogP contribution in [-0.2, 0) is 0 Å². The summed E-state index contributed by atoms with van der Waals surface area (Å²) in [6, 6.07) is 4.63. The van der Waals surface area contributed by atoms with Gasteiger partial charge in [-0.2, -0.15) is 5.10 Å². The molecule has 4 rings (SSSR count). The minimum atomic E-state index is -0.348. The van der Waals surface area contributed by atoms with Crippen molar-refractivity contribution in [2.45, 2.75) is 12.5 Å². The fourth-order valence-electron chi connectivity index (χ4n) is 3.25. The summed E-state index contributed by atoms with van der Waals surface area (Å²) in [4.78, 5) is 16.9. The molecule has 2 aliphatic rings. The number of carbonyl (C=O) groups is 1. The number of fused-ring (bicyclic) bond motifs is 3. The first-order chi connectivity index (χ1) is 9.72. The number of hydrogen-bond acceptors (Lipinski definition) is 3. The lowest BCUT2D eigenvalue weighted by atomic mass is 10.1. The van der Waals surface area contributed by atoms with Crippen LogP contribution in [0, 0.1) is 5.82 Å². The average molecular weight is 355 g/mol. The van der Waals surface area contributed by atoms with E-state index in [4.69, 9.17) is 0 Å². The summed E-state index contributed by atoms with van der Waals surface area (Å²) in [6.45, 7) is 3.65. The third-order valence-electron chi connectivity index (χ3n) is 4.33. The number of benzene rings is 1. The second-order valence-electron chi connectivity index (χ2n) is 5.50. The van der Waals surface area contributed by atoms with Crippen molar-refractivity contribution in [2.75, 3.05) is 26.2 Å². The summed E-state index contributed by atoms with van der Waals surface area (Å²) >= 11 is 0. The van der Waals surface area contributed by atoms with Crippen LogP contribution >= 0.6 is 17.0 Å². The van der Waals surface area contributed by atoms with Crippen LogP contribution in [0.25, 0.3) is 10.9 Å². The van der Waals surface area contributed by atoms with Crippen LogP contribution in [0.1, 0.15) is 16.9 Å². The molecule has 0 spiro atoms. The highest BCUT2D eigenvalue weighted by atomic mass is 79.9. The number of nitrogens with zero attached hydrogens (tertiary/aromatic N) is 3. The number of carbonyl (C=O) groups excluding carboxylic acids is 1. The molecule has 21 heavy (non-hydrogen) atoms. The molecule has 2 fully saturated rings. The SMILES string of the molecule is Br.O=C(c1n[nH]c2ccc(F)cc12)N1CCN2CCC1C2. The van der Waals surface area contributed by atoms with Gasteiger partial charge in [0.2, 0.25) is 0 Å². The zero-order chi connectivity index (χ0) is 13.7.